The molecular formula is C24H25N3O4. The van der Waals surface area contributed by atoms with E-state index in [0.29, 0.717) is 6.61 Å². The molecule has 2 aromatic heterocycles. The minimum absolute atomic E-state index is 0.0163. The van der Waals surface area contributed by atoms with Crippen LogP contribution in [0.2, 0.25) is 0 Å². The quantitative estimate of drug-likeness (QED) is 0.685. The molecule has 31 heavy (non-hydrogen) atoms. The van der Waals surface area contributed by atoms with Gasteiger partial charge >= 0.3 is 5.97 Å². The van der Waals surface area contributed by atoms with Gasteiger partial charge in [0.25, 0.3) is 0 Å². The van der Waals surface area contributed by atoms with E-state index in [4.69, 9.17) is 4.74 Å². The molecule has 1 atom stereocenters. The van der Waals surface area contributed by atoms with Gasteiger partial charge in [0.15, 0.2) is 5.43 Å². The lowest BCUT2D eigenvalue weighted by Crippen LogP contribution is -2.33. The third-order valence-electron chi connectivity index (χ3n) is 6.43. The molecule has 160 valence electrons. The number of carbonyl (C=O) groups is 1. The third-order valence-corrected chi connectivity index (χ3v) is 6.43. The Morgan fingerprint density at radius 2 is 1.97 bits per heavy atom. The van der Waals surface area contributed by atoms with Gasteiger partial charge in [0, 0.05) is 60.2 Å². The Kier molecular flexibility index (Phi) is 4.16. The molecule has 3 aromatic rings. The molecule has 7 nitrogen and oxygen atoms in total. The van der Waals surface area contributed by atoms with Gasteiger partial charge in [-0.15, -0.1) is 0 Å². The molecule has 4 heterocycles. The first-order valence-corrected chi connectivity index (χ1v) is 10.5. The third kappa shape index (κ3) is 2.99. The predicted octanol–water partition coefficient (Wildman–Crippen LogP) is 3.69. The fraction of sp³-hybridized carbons (Fsp3) is 0.375. The summed E-state index contributed by atoms with van der Waals surface area (Å²) < 4.78 is 9.80. The summed E-state index contributed by atoms with van der Waals surface area (Å²) in [4.78, 5) is 24.3. The van der Waals surface area contributed by atoms with E-state index >= 15 is 0 Å². The highest BCUT2D eigenvalue weighted by molar-refractivity contribution is 5.88. The largest absolute Gasteiger partial charge is 0.492 e. The fourth-order valence-corrected chi connectivity index (χ4v) is 4.88. The first kappa shape index (κ1) is 19.6. The lowest BCUT2D eigenvalue weighted by Gasteiger charge is -2.39. The number of aryl methyl sites for hydroxylation is 1. The molecule has 0 fully saturated rings. The van der Waals surface area contributed by atoms with E-state index in [1.54, 1.807) is 4.68 Å². The lowest BCUT2D eigenvalue weighted by molar-refractivity contribution is 0.0693. The van der Waals surface area contributed by atoms with E-state index in [9.17, 15) is 14.7 Å². The molecular weight excluding hydrogens is 394 g/mol. The van der Waals surface area contributed by atoms with Crippen molar-refractivity contribution in [2.75, 3.05) is 6.61 Å². The van der Waals surface area contributed by atoms with E-state index in [-0.39, 0.29) is 17.0 Å². The summed E-state index contributed by atoms with van der Waals surface area (Å²) in [5.74, 6) is -0.297. The fourth-order valence-electron chi connectivity index (χ4n) is 4.88. The maximum Gasteiger partial charge on any atom is 0.341 e. The van der Waals surface area contributed by atoms with Crippen LogP contribution in [-0.2, 0) is 19.9 Å². The van der Waals surface area contributed by atoms with Gasteiger partial charge in [0.1, 0.15) is 11.3 Å². The van der Waals surface area contributed by atoms with Crippen molar-refractivity contribution in [1.82, 2.24) is 14.3 Å². The molecule has 0 bridgehead atoms. The van der Waals surface area contributed by atoms with Crippen LogP contribution in [-0.4, -0.2) is 32.0 Å². The van der Waals surface area contributed by atoms with Crippen LogP contribution in [0.1, 0.15) is 48.3 Å². The van der Waals surface area contributed by atoms with Crippen molar-refractivity contribution in [2.24, 2.45) is 12.5 Å². The van der Waals surface area contributed by atoms with Gasteiger partial charge in [-0.05, 0) is 23.5 Å². The molecule has 7 heteroatoms. The predicted molar refractivity (Wildman–Crippen MR) is 117 cm³/mol. The lowest BCUT2D eigenvalue weighted by atomic mass is 9.76. The summed E-state index contributed by atoms with van der Waals surface area (Å²) in [6.07, 6.45) is 6.86. The molecule has 0 saturated carbocycles. The van der Waals surface area contributed by atoms with Gasteiger partial charge < -0.3 is 14.4 Å². The van der Waals surface area contributed by atoms with Crippen LogP contribution in [0, 0.1) is 5.41 Å². The summed E-state index contributed by atoms with van der Waals surface area (Å²) in [6, 6.07) is 3.57. The standard InChI is InChI=1S/C24H25N3O4/c1-24(2,3)21-8-16-14-5-6-31-22(14)15(13-10-25-26(4)11-13)7-17(16)19-9-20(28)18(23(29)30)12-27(19)21/h7,9-12,21H,5-6,8H2,1-4H3,(H,29,30). The normalized spacial score (nSPS) is 17.0. The average molecular weight is 419 g/mol. The second-order valence-corrected chi connectivity index (χ2v) is 9.49. The van der Waals surface area contributed by atoms with Crippen molar-refractivity contribution in [1.29, 1.82) is 0 Å². The topological polar surface area (TPSA) is 86.4 Å². The smallest absolute Gasteiger partial charge is 0.341 e. The van der Waals surface area contributed by atoms with E-state index in [2.05, 4.69) is 31.9 Å². The molecule has 0 aliphatic carbocycles. The minimum Gasteiger partial charge on any atom is -0.492 e. The van der Waals surface area contributed by atoms with E-state index in [1.165, 1.54) is 23.4 Å². The van der Waals surface area contributed by atoms with Crippen molar-refractivity contribution >= 4 is 5.97 Å². The van der Waals surface area contributed by atoms with Gasteiger partial charge in [0.05, 0.1) is 18.5 Å². The summed E-state index contributed by atoms with van der Waals surface area (Å²) in [7, 11) is 1.87. The highest BCUT2D eigenvalue weighted by Gasteiger charge is 2.37. The van der Waals surface area contributed by atoms with Gasteiger partial charge in [0.2, 0.25) is 0 Å². The number of nitrogens with zero attached hydrogens (tertiary/aromatic N) is 3. The number of rotatable bonds is 2. The highest BCUT2D eigenvalue weighted by atomic mass is 16.5. The van der Waals surface area contributed by atoms with Gasteiger partial charge in [-0.3, -0.25) is 9.48 Å². The molecule has 2 aliphatic heterocycles. The molecule has 1 aromatic carbocycles. The number of carboxylic acids is 1. The van der Waals surface area contributed by atoms with Gasteiger partial charge in [-0.2, -0.15) is 5.10 Å². The van der Waals surface area contributed by atoms with Crippen molar-refractivity contribution in [3.05, 3.63) is 57.6 Å². The van der Waals surface area contributed by atoms with E-state index in [0.717, 1.165) is 41.0 Å². The van der Waals surface area contributed by atoms with Crippen LogP contribution < -0.4 is 10.2 Å². The number of benzene rings is 1. The number of aromatic nitrogens is 3. The molecule has 0 spiro atoms. The zero-order valence-corrected chi connectivity index (χ0v) is 18.1. The monoisotopic (exact) mass is 419 g/mol. The second kappa shape index (κ2) is 6.57. The van der Waals surface area contributed by atoms with Crippen LogP contribution in [0.5, 0.6) is 5.75 Å². The van der Waals surface area contributed by atoms with Gasteiger partial charge in [-0.1, -0.05) is 20.8 Å². The molecule has 1 N–H and O–H groups in total. The number of ether oxygens (including phenoxy) is 1. The number of aromatic carboxylic acids is 1. The first-order valence-electron chi connectivity index (χ1n) is 10.5. The number of pyridine rings is 1. The van der Waals surface area contributed by atoms with Crippen LogP contribution in [0.15, 0.2) is 35.5 Å². The highest BCUT2D eigenvalue weighted by Crippen LogP contribution is 2.49. The van der Waals surface area contributed by atoms with Crippen molar-refractivity contribution in [2.45, 2.75) is 39.7 Å². The Balaban J connectivity index is 1.83. The molecule has 0 radical (unpaired) electrons. The van der Waals surface area contributed by atoms with Crippen LogP contribution in [0.4, 0.5) is 0 Å². The summed E-state index contributed by atoms with van der Waals surface area (Å²) in [5.41, 5.74) is 5.22. The Morgan fingerprint density at radius 1 is 1.19 bits per heavy atom. The molecule has 0 amide bonds. The SMILES string of the molecule is Cn1cc(-c2cc3c(c4c2OCC4)CC(C(C)(C)C)n2cc(C(=O)O)c(=O)cc2-3)cn1. The maximum atomic E-state index is 12.7. The number of hydrogen-bond acceptors (Lipinski definition) is 4. The minimum atomic E-state index is -1.20. The van der Waals surface area contributed by atoms with Crippen molar-refractivity contribution in [3.8, 4) is 28.1 Å². The zero-order chi connectivity index (χ0) is 22.1. The Bertz CT molecular complexity index is 1290. The van der Waals surface area contributed by atoms with E-state index in [1.807, 2.05) is 24.0 Å². The van der Waals surface area contributed by atoms with Crippen molar-refractivity contribution in [3.63, 3.8) is 0 Å². The average Bonchev–Trinajstić information content (AvgIpc) is 3.34. The Morgan fingerprint density at radius 3 is 2.61 bits per heavy atom. The summed E-state index contributed by atoms with van der Waals surface area (Å²) in [5, 5.41) is 13.8. The zero-order valence-electron chi connectivity index (χ0n) is 18.1. The Hall–Kier alpha value is -3.35. The number of hydrogen-bond donors (Lipinski definition) is 1. The summed E-state index contributed by atoms with van der Waals surface area (Å²) in [6.45, 7) is 7.06. The second-order valence-electron chi connectivity index (χ2n) is 9.49. The van der Waals surface area contributed by atoms with E-state index < -0.39 is 11.4 Å². The molecule has 1 unspecified atom stereocenters. The van der Waals surface area contributed by atoms with Gasteiger partial charge in [-0.25, -0.2) is 4.79 Å². The number of fused-ring (bicyclic) bond motifs is 5. The Labute approximate surface area is 179 Å². The van der Waals surface area contributed by atoms with Crippen molar-refractivity contribution < 1.29 is 14.6 Å². The molecule has 2 aliphatic rings. The summed E-state index contributed by atoms with van der Waals surface area (Å²) >= 11 is 0. The first-order chi connectivity index (χ1) is 14.6. The molecule has 0 saturated heterocycles. The van der Waals surface area contributed by atoms with Crippen LogP contribution >= 0.6 is 0 Å². The van der Waals surface area contributed by atoms with Crippen LogP contribution in [0.25, 0.3) is 22.4 Å². The number of carboxylic acid groups (broad SMARTS) is 1. The maximum absolute atomic E-state index is 12.7. The molecule has 5 rings (SSSR count). The van der Waals surface area contributed by atoms with Crippen LogP contribution in [0.3, 0.4) is 0 Å².